The van der Waals surface area contributed by atoms with Crippen LogP contribution in [0.4, 0.5) is 0 Å². The standard InChI is InChI=1S/C16H26N2O2/c1-16(8-20-7-13(16)17)15(19)18-14-11-3-9-2-10(5-11)6-12(14)4-9/h9-14H,2-8,17H2,1H3,(H,18,19). The van der Waals surface area contributed by atoms with Crippen molar-refractivity contribution < 1.29 is 9.53 Å². The number of nitrogens with one attached hydrogen (secondary N) is 1. The molecule has 4 bridgehead atoms. The van der Waals surface area contributed by atoms with Gasteiger partial charge in [-0.2, -0.15) is 0 Å². The molecule has 0 spiro atoms. The Balaban J connectivity index is 1.48. The Morgan fingerprint density at radius 2 is 1.75 bits per heavy atom. The summed E-state index contributed by atoms with van der Waals surface area (Å²) in [6, 6.07) is 0.235. The van der Waals surface area contributed by atoms with Crippen molar-refractivity contribution in [3.63, 3.8) is 0 Å². The minimum absolute atomic E-state index is 0.125. The van der Waals surface area contributed by atoms with Crippen molar-refractivity contribution in [3.8, 4) is 0 Å². The molecule has 2 atom stereocenters. The van der Waals surface area contributed by atoms with Crippen LogP contribution in [-0.4, -0.2) is 31.2 Å². The Morgan fingerprint density at radius 3 is 2.25 bits per heavy atom. The number of ether oxygens (including phenoxy) is 1. The monoisotopic (exact) mass is 278 g/mol. The quantitative estimate of drug-likeness (QED) is 0.800. The van der Waals surface area contributed by atoms with Crippen LogP contribution in [0.5, 0.6) is 0 Å². The molecule has 0 aromatic rings. The van der Waals surface area contributed by atoms with Crippen LogP contribution in [0.2, 0.25) is 0 Å². The molecular weight excluding hydrogens is 252 g/mol. The molecule has 4 heteroatoms. The second-order valence-electron chi connectivity index (χ2n) is 7.97. The number of hydrogen-bond acceptors (Lipinski definition) is 3. The lowest BCUT2D eigenvalue weighted by molar-refractivity contribution is -0.134. The van der Waals surface area contributed by atoms with Gasteiger partial charge in [-0.25, -0.2) is 0 Å². The molecule has 1 heterocycles. The van der Waals surface area contributed by atoms with Gasteiger partial charge in [-0.15, -0.1) is 0 Å². The lowest BCUT2D eigenvalue weighted by Crippen LogP contribution is -2.60. The number of carbonyl (C=O) groups is 1. The molecule has 3 N–H and O–H groups in total. The van der Waals surface area contributed by atoms with Crippen molar-refractivity contribution >= 4 is 5.91 Å². The van der Waals surface area contributed by atoms with E-state index in [1.54, 1.807) is 0 Å². The molecule has 5 fully saturated rings. The van der Waals surface area contributed by atoms with Crippen molar-refractivity contribution in [2.45, 2.75) is 51.1 Å². The largest absolute Gasteiger partial charge is 0.379 e. The molecular formula is C16H26N2O2. The average molecular weight is 278 g/mol. The maximum atomic E-state index is 12.7. The highest BCUT2D eigenvalue weighted by Gasteiger charge is 2.51. The number of carbonyl (C=O) groups excluding carboxylic acids is 1. The summed E-state index contributed by atoms with van der Waals surface area (Å²) in [7, 11) is 0. The van der Waals surface area contributed by atoms with Crippen LogP contribution in [0.1, 0.15) is 39.0 Å². The predicted octanol–water partition coefficient (Wildman–Crippen LogP) is 1.29. The highest BCUT2D eigenvalue weighted by Crippen LogP contribution is 2.53. The van der Waals surface area contributed by atoms with E-state index in [4.69, 9.17) is 10.5 Å². The van der Waals surface area contributed by atoms with Gasteiger partial charge in [-0.3, -0.25) is 4.79 Å². The third kappa shape index (κ3) is 1.84. The van der Waals surface area contributed by atoms with Gasteiger partial charge >= 0.3 is 0 Å². The number of hydrogen-bond donors (Lipinski definition) is 2. The molecule has 5 aliphatic rings. The van der Waals surface area contributed by atoms with E-state index in [-0.39, 0.29) is 11.9 Å². The van der Waals surface area contributed by atoms with Gasteiger partial charge in [-0.1, -0.05) is 0 Å². The summed E-state index contributed by atoms with van der Waals surface area (Å²) in [4.78, 5) is 12.7. The van der Waals surface area contributed by atoms with Crippen LogP contribution in [-0.2, 0) is 9.53 Å². The lowest BCUT2D eigenvalue weighted by Gasteiger charge is -2.54. The predicted molar refractivity (Wildman–Crippen MR) is 75.9 cm³/mol. The Bertz CT molecular complexity index is 397. The lowest BCUT2D eigenvalue weighted by atomic mass is 9.54. The molecule has 0 aromatic carbocycles. The average Bonchev–Trinajstić information content (AvgIpc) is 2.74. The van der Waals surface area contributed by atoms with Gasteiger partial charge < -0.3 is 15.8 Å². The molecule has 1 amide bonds. The van der Waals surface area contributed by atoms with Crippen LogP contribution in [0.3, 0.4) is 0 Å². The van der Waals surface area contributed by atoms with Crippen molar-refractivity contribution in [1.29, 1.82) is 0 Å². The van der Waals surface area contributed by atoms with Gasteiger partial charge in [0.2, 0.25) is 5.91 Å². The Morgan fingerprint density at radius 1 is 1.15 bits per heavy atom. The van der Waals surface area contributed by atoms with E-state index in [0.29, 0.717) is 19.3 Å². The van der Waals surface area contributed by atoms with Gasteiger partial charge in [-0.05, 0) is 62.7 Å². The molecule has 4 nitrogen and oxygen atoms in total. The topological polar surface area (TPSA) is 64.3 Å². The molecule has 1 aliphatic heterocycles. The SMILES string of the molecule is CC1(C(=O)NC2C3CC4CC(C3)CC2C4)COCC1N. The third-order valence-corrected chi connectivity index (χ3v) is 6.56. The summed E-state index contributed by atoms with van der Waals surface area (Å²) >= 11 is 0. The van der Waals surface area contributed by atoms with E-state index in [2.05, 4.69) is 5.32 Å². The first-order valence-corrected chi connectivity index (χ1v) is 8.20. The summed E-state index contributed by atoms with van der Waals surface area (Å²) in [5, 5.41) is 3.38. The van der Waals surface area contributed by atoms with E-state index < -0.39 is 5.41 Å². The number of amides is 1. The molecule has 1 saturated heterocycles. The van der Waals surface area contributed by atoms with Crippen molar-refractivity contribution in [1.82, 2.24) is 5.32 Å². The normalized spacial score (nSPS) is 53.3. The van der Waals surface area contributed by atoms with Crippen LogP contribution in [0, 0.1) is 29.1 Å². The highest BCUT2D eigenvalue weighted by molar-refractivity contribution is 5.84. The van der Waals surface area contributed by atoms with Crippen LogP contribution in [0.15, 0.2) is 0 Å². The molecule has 20 heavy (non-hydrogen) atoms. The molecule has 5 rings (SSSR count). The van der Waals surface area contributed by atoms with E-state index in [9.17, 15) is 4.79 Å². The van der Waals surface area contributed by atoms with Gasteiger partial charge in [0.05, 0.1) is 18.6 Å². The third-order valence-electron chi connectivity index (χ3n) is 6.56. The fraction of sp³-hybridized carbons (Fsp3) is 0.938. The van der Waals surface area contributed by atoms with Gasteiger partial charge in [0.25, 0.3) is 0 Å². The van der Waals surface area contributed by atoms with Crippen LogP contribution in [0.25, 0.3) is 0 Å². The van der Waals surface area contributed by atoms with E-state index in [0.717, 1.165) is 23.7 Å². The van der Waals surface area contributed by atoms with E-state index in [1.807, 2.05) is 6.92 Å². The van der Waals surface area contributed by atoms with Crippen LogP contribution < -0.4 is 11.1 Å². The Hall–Kier alpha value is -0.610. The zero-order valence-electron chi connectivity index (χ0n) is 12.3. The first kappa shape index (κ1) is 13.1. The minimum Gasteiger partial charge on any atom is -0.379 e. The van der Waals surface area contributed by atoms with Gasteiger partial charge in [0, 0.05) is 12.1 Å². The Kier molecular flexibility index (Phi) is 2.90. The molecule has 4 saturated carbocycles. The van der Waals surface area contributed by atoms with Gasteiger partial charge in [0.15, 0.2) is 0 Å². The summed E-state index contributed by atoms with van der Waals surface area (Å²) in [5.74, 6) is 3.45. The van der Waals surface area contributed by atoms with E-state index >= 15 is 0 Å². The molecule has 112 valence electrons. The maximum Gasteiger partial charge on any atom is 0.230 e. The number of nitrogens with two attached hydrogens (primary N) is 1. The Labute approximate surface area is 120 Å². The summed E-state index contributed by atoms with van der Waals surface area (Å²) < 4.78 is 5.41. The van der Waals surface area contributed by atoms with Gasteiger partial charge in [0.1, 0.15) is 0 Å². The molecule has 0 radical (unpaired) electrons. The molecule has 2 unspecified atom stereocenters. The van der Waals surface area contributed by atoms with Crippen LogP contribution >= 0.6 is 0 Å². The zero-order valence-corrected chi connectivity index (χ0v) is 12.3. The second-order valence-corrected chi connectivity index (χ2v) is 7.97. The molecule has 0 aromatic heterocycles. The molecule has 4 aliphatic carbocycles. The first-order valence-electron chi connectivity index (χ1n) is 8.20. The summed E-state index contributed by atoms with van der Waals surface area (Å²) in [6.45, 7) is 2.93. The fourth-order valence-electron chi connectivity index (χ4n) is 5.40. The highest BCUT2D eigenvalue weighted by atomic mass is 16.5. The smallest absolute Gasteiger partial charge is 0.230 e. The first-order chi connectivity index (χ1) is 9.56. The maximum absolute atomic E-state index is 12.7. The minimum atomic E-state index is -0.533. The second kappa shape index (κ2) is 4.44. The number of rotatable bonds is 2. The zero-order chi connectivity index (χ0) is 13.9. The summed E-state index contributed by atoms with van der Waals surface area (Å²) in [5.41, 5.74) is 5.55. The van der Waals surface area contributed by atoms with Crippen molar-refractivity contribution in [2.75, 3.05) is 13.2 Å². The van der Waals surface area contributed by atoms with Crippen molar-refractivity contribution in [2.24, 2.45) is 34.8 Å². The summed E-state index contributed by atoms with van der Waals surface area (Å²) in [6.07, 6.45) is 6.77. The van der Waals surface area contributed by atoms with E-state index in [1.165, 1.54) is 32.1 Å². The van der Waals surface area contributed by atoms with Crippen molar-refractivity contribution in [3.05, 3.63) is 0 Å². The fourth-order valence-corrected chi connectivity index (χ4v) is 5.40.